The van der Waals surface area contributed by atoms with Gasteiger partial charge >= 0.3 is 0 Å². The van der Waals surface area contributed by atoms with Gasteiger partial charge in [0.2, 0.25) is 0 Å². The predicted molar refractivity (Wildman–Crippen MR) is 79.7 cm³/mol. The molecule has 0 amide bonds. The maximum Gasteiger partial charge on any atom is 0.0645 e. The Morgan fingerprint density at radius 3 is 2.60 bits per heavy atom. The summed E-state index contributed by atoms with van der Waals surface area (Å²) in [4.78, 5) is 0. The zero-order valence-corrected chi connectivity index (χ0v) is 11.8. The fourth-order valence-electron chi connectivity index (χ4n) is 3.23. The quantitative estimate of drug-likeness (QED) is 0.871. The van der Waals surface area contributed by atoms with Gasteiger partial charge in [0, 0.05) is 25.5 Å². The zero-order valence-electron chi connectivity index (χ0n) is 11.8. The van der Waals surface area contributed by atoms with Gasteiger partial charge in [0.15, 0.2) is 0 Å². The van der Waals surface area contributed by atoms with Gasteiger partial charge in [0.05, 0.1) is 5.69 Å². The van der Waals surface area contributed by atoms with Gasteiger partial charge in [-0.3, -0.25) is 0 Å². The summed E-state index contributed by atoms with van der Waals surface area (Å²) in [5.41, 5.74) is 3.16. The Labute approximate surface area is 120 Å². The predicted octanol–water partition coefficient (Wildman–Crippen LogP) is 3.15. The molecule has 1 heterocycles. The van der Waals surface area contributed by atoms with Crippen LogP contribution < -0.4 is 5.32 Å². The second kappa shape index (κ2) is 4.74. The van der Waals surface area contributed by atoms with Crippen molar-refractivity contribution in [1.29, 1.82) is 0 Å². The highest BCUT2D eigenvalue weighted by Crippen LogP contribution is 2.60. The van der Waals surface area contributed by atoms with Crippen LogP contribution in [0.5, 0.6) is 0 Å². The molecule has 2 saturated carbocycles. The number of hydrogen-bond acceptors (Lipinski definition) is 2. The highest BCUT2D eigenvalue weighted by Gasteiger charge is 2.53. The van der Waals surface area contributed by atoms with E-state index in [1.165, 1.54) is 37.8 Å². The van der Waals surface area contributed by atoms with E-state index in [2.05, 4.69) is 34.7 Å². The second-order valence-electron chi connectivity index (χ2n) is 6.36. The molecule has 0 aliphatic heterocycles. The average Bonchev–Trinajstić information content (AvgIpc) is 3.39. The highest BCUT2D eigenvalue weighted by molar-refractivity contribution is 5.33. The van der Waals surface area contributed by atoms with Crippen molar-refractivity contribution in [1.82, 2.24) is 15.1 Å². The standard InChI is InChI=1S/C17H21N3/c1-10-19-20(11-1)16-6-2-14(3-7-16)12-18-13-17(8-9-17)15-4-5-15/h1-3,6-7,10-11,15,18H,4-5,8-9,12-13H2. The van der Waals surface area contributed by atoms with E-state index in [9.17, 15) is 0 Å². The number of rotatable bonds is 6. The lowest BCUT2D eigenvalue weighted by atomic mass is 10.0. The molecule has 2 aromatic rings. The van der Waals surface area contributed by atoms with Crippen molar-refractivity contribution in [2.45, 2.75) is 32.2 Å². The molecule has 20 heavy (non-hydrogen) atoms. The summed E-state index contributed by atoms with van der Waals surface area (Å²) in [5, 5.41) is 7.90. The molecule has 0 radical (unpaired) electrons. The van der Waals surface area contributed by atoms with Gasteiger partial charge in [-0.1, -0.05) is 12.1 Å². The SMILES string of the molecule is c1cnn(-c2ccc(CNCC3(C4CC4)CC3)cc2)c1. The van der Waals surface area contributed by atoms with E-state index in [4.69, 9.17) is 0 Å². The van der Waals surface area contributed by atoms with Crippen molar-refractivity contribution in [3.63, 3.8) is 0 Å². The summed E-state index contributed by atoms with van der Waals surface area (Å²) in [6, 6.07) is 10.6. The van der Waals surface area contributed by atoms with E-state index < -0.39 is 0 Å². The molecule has 2 aliphatic rings. The van der Waals surface area contributed by atoms with Crippen molar-refractivity contribution in [2.75, 3.05) is 6.54 Å². The summed E-state index contributed by atoms with van der Waals surface area (Å²) in [6.45, 7) is 2.19. The van der Waals surface area contributed by atoms with Crippen molar-refractivity contribution >= 4 is 0 Å². The van der Waals surface area contributed by atoms with Crippen molar-refractivity contribution in [3.8, 4) is 5.69 Å². The van der Waals surface area contributed by atoms with Gasteiger partial charge in [-0.2, -0.15) is 5.10 Å². The van der Waals surface area contributed by atoms with E-state index in [1.54, 1.807) is 0 Å². The molecule has 0 atom stereocenters. The lowest BCUT2D eigenvalue weighted by Crippen LogP contribution is -2.24. The molecule has 0 bridgehead atoms. The molecule has 1 N–H and O–H groups in total. The first-order valence-corrected chi connectivity index (χ1v) is 7.65. The number of aromatic nitrogens is 2. The van der Waals surface area contributed by atoms with E-state index in [0.717, 1.165) is 18.2 Å². The molecule has 0 unspecified atom stereocenters. The Kier molecular flexibility index (Phi) is 2.88. The monoisotopic (exact) mass is 267 g/mol. The highest BCUT2D eigenvalue weighted by atomic mass is 15.3. The summed E-state index contributed by atoms with van der Waals surface area (Å²) in [7, 11) is 0. The van der Waals surface area contributed by atoms with E-state index in [-0.39, 0.29) is 0 Å². The van der Waals surface area contributed by atoms with Crippen molar-refractivity contribution in [2.24, 2.45) is 11.3 Å². The number of nitrogens with one attached hydrogen (secondary N) is 1. The molecule has 1 aromatic carbocycles. The number of nitrogens with zero attached hydrogens (tertiary/aromatic N) is 2. The lowest BCUT2D eigenvalue weighted by molar-refractivity contribution is 0.403. The minimum Gasteiger partial charge on any atom is -0.312 e. The summed E-state index contributed by atoms with van der Waals surface area (Å²) in [5.74, 6) is 1.04. The molecular formula is C17H21N3. The van der Waals surface area contributed by atoms with Crippen LogP contribution >= 0.6 is 0 Å². The molecule has 2 fully saturated rings. The van der Waals surface area contributed by atoms with Crippen LogP contribution in [-0.4, -0.2) is 16.3 Å². The third-order valence-electron chi connectivity index (χ3n) is 4.85. The topological polar surface area (TPSA) is 29.9 Å². The van der Waals surface area contributed by atoms with E-state index in [1.807, 2.05) is 23.1 Å². The smallest absolute Gasteiger partial charge is 0.0645 e. The molecule has 0 saturated heterocycles. The van der Waals surface area contributed by atoms with E-state index >= 15 is 0 Å². The van der Waals surface area contributed by atoms with Gasteiger partial charge in [0.25, 0.3) is 0 Å². The van der Waals surface area contributed by atoms with Crippen LogP contribution in [0.15, 0.2) is 42.7 Å². The number of benzene rings is 1. The fourth-order valence-corrected chi connectivity index (χ4v) is 3.23. The van der Waals surface area contributed by atoms with E-state index in [0.29, 0.717) is 5.41 Å². The molecule has 4 rings (SSSR count). The second-order valence-corrected chi connectivity index (χ2v) is 6.36. The first kappa shape index (κ1) is 12.2. The van der Waals surface area contributed by atoms with Gasteiger partial charge in [0.1, 0.15) is 0 Å². The molecule has 104 valence electrons. The van der Waals surface area contributed by atoms with Crippen LogP contribution in [0.1, 0.15) is 31.2 Å². The molecule has 0 spiro atoms. The minimum atomic E-state index is 0.689. The Morgan fingerprint density at radius 2 is 2.00 bits per heavy atom. The maximum atomic E-state index is 4.25. The molecule has 3 nitrogen and oxygen atoms in total. The van der Waals surface area contributed by atoms with Gasteiger partial charge < -0.3 is 5.32 Å². The normalized spacial score (nSPS) is 20.0. The Balaban J connectivity index is 1.33. The lowest BCUT2D eigenvalue weighted by Gasteiger charge is -2.15. The van der Waals surface area contributed by atoms with Crippen molar-refractivity contribution < 1.29 is 0 Å². The van der Waals surface area contributed by atoms with Crippen LogP contribution in [0.2, 0.25) is 0 Å². The van der Waals surface area contributed by atoms with Crippen molar-refractivity contribution in [3.05, 3.63) is 48.3 Å². The first-order chi connectivity index (χ1) is 9.86. The molecular weight excluding hydrogens is 246 g/mol. The summed E-state index contributed by atoms with van der Waals surface area (Å²) >= 11 is 0. The average molecular weight is 267 g/mol. The third-order valence-corrected chi connectivity index (χ3v) is 4.85. The molecule has 1 aromatic heterocycles. The van der Waals surface area contributed by atoms with Gasteiger partial charge in [-0.25, -0.2) is 4.68 Å². The van der Waals surface area contributed by atoms with Crippen LogP contribution in [0.25, 0.3) is 5.69 Å². The van der Waals surface area contributed by atoms with Crippen LogP contribution in [0.4, 0.5) is 0 Å². The first-order valence-electron chi connectivity index (χ1n) is 7.65. The zero-order chi connectivity index (χ0) is 13.4. The summed E-state index contributed by atoms with van der Waals surface area (Å²) < 4.78 is 1.89. The minimum absolute atomic E-state index is 0.689. The fraction of sp³-hybridized carbons (Fsp3) is 0.471. The van der Waals surface area contributed by atoms with Crippen LogP contribution in [0, 0.1) is 11.3 Å². The summed E-state index contributed by atoms with van der Waals surface area (Å²) in [6.07, 6.45) is 9.62. The van der Waals surface area contributed by atoms with Gasteiger partial charge in [-0.15, -0.1) is 0 Å². The van der Waals surface area contributed by atoms with Crippen LogP contribution in [0.3, 0.4) is 0 Å². The van der Waals surface area contributed by atoms with Crippen LogP contribution in [-0.2, 0) is 6.54 Å². The van der Waals surface area contributed by atoms with Gasteiger partial charge in [-0.05, 0) is 60.8 Å². The largest absolute Gasteiger partial charge is 0.312 e. The molecule has 2 aliphatic carbocycles. The Hall–Kier alpha value is -1.61. The molecule has 3 heteroatoms. The number of hydrogen-bond donors (Lipinski definition) is 1. The maximum absolute atomic E-state index is 4.25. The Morgan fingerprint density at radius 1 is 1.20 bits per heavy atom. The third kappa shape index (κ3) is 2.38. The Bertz CT molecular complexity index is 563.